The van der Waals surface area contributed by atoms with Gasteiger partial charge >= 0.3 is 0 Å². The van der Waals surface area contributed by atoms with E-state index in [1.807, 2.05) is 6.07 Å². The average molecular weight is 328 g/mol. The normalized spacial score (nSPS) is 19.4. The van der Waals surface area contributed by atoms with Crippen molar-refractivity contribution in [3.05, 3.63) is 35.6 Å². The van der Waals surface area contributed by atoms with Crippen LogP contribution < -0.4 is 5.73 Å². The summed E-state index contributed by atoms with van der Waals surface area (Å²) < 4.78 is 37.1. The number of carbonyl (C=O) groups is 1. The molecule has 0 aliphatic carbocycles. The molecule has 22 heavy (non-hydrogen) atoms. The number of amides is 1. The Morgan fingerprint density at radius 1 is 1.36 bits per heavy atom. The summed E-state index contributed by atoms with van der Waals surface area (Å²) in [4.78, 5) is 12.8. The van der Waals surface area contributed by atoms with Crippen molar-refractivity contribution < 1.29 is 17.6 Å². The van der Waals surface area contributed by atoms with Crippen LogP contribution in [0, 0.1) is 5.82 Å². The Morgan fingerprint density at radius 3 is 2.82 bits per heavy atom. The Hall–Kier alpha value is -1.47. The minimum atomic E-state index is -3.29. The molecule has 1 fully saturated rings. The van der Waals surface area contributed by atoms with Gasteiger partial charge in [0.25, 0.3) is 0 Å². The van der Waals surface area contributed by atoms with Crippen molar-refractivity contribution in [2.24, 2.45) is 5.73 Å². The first-order chi connectivity index (χ1) is 10.4. The van der Waals surface area contributed by atoms with E-state index < -0.39 is 15.7 Å². The third-order valence-corrected chi connectivity index (χ3v) is 5.58. The lowest BCUT2D eigenvalue weighted by molar-refractivity contribution is -0.117. The van der Waals surface area contributed by atoms with E-state index in [4.69, 9.17) is 5.73 Å². The second-order valence-corrected chi connectivity index (χ2v) is 7.92. The van der Waals surface area contributed by atoms with Crippen LogP contribution in [0.1, 0.15) is 30.9 Å². The summed E-state index contributed by atoms with van der Waals surface area (Å²) in [5, 5.41) is 0. The molecule has 1 amide bonds. The van der Waals surface area contributed by atoms with Gasteiger partial charge in [-0.2, -0.15) is 0 Å². The van der Waals surface area contributed by atoms with Crippen LogP contribution in [-0.4, -0.2) is 43.8 Å². The molecule has 1 heterocycles. The summed E-state index contributed by atoms with van der Waals surface area (Å²) in [7, 11) is -3.29. The molecule has 1 aromatic rings. The molecule has 1 aromatic carbocycles. The summed E-state index contributed by atoms with van der Waals surface area (Å²) in [5.41, 5.74) is 5.86. The summed E-state index contributed by atoms with van der Waals surface area (Å²) in [6.45, 7) is 1.19. The molecular formula is C15H21FN2O3S. The van der Waals surface area contributed by atoms with Crippen molar-refractivity contribution in [2.75, 3.05) is 24.6 Å². The molecule has 7 heteroatoms. The number of sulfone groups is 1. The van der Waals surface area contributed by atoms with Gasteiger partial charge < -0.3 is 5.73 Å². The number of carbonyl (C=O) groups excluding carboxylic acids is 1. The molecule has 1 aliphatic rings. The standard InChI is InChI=1S/C15H21FN2O3S/c16-13-4-1-3-12(11-13)14-5-2-7-18(14)8-10-22(20,21)9-6-15(17)19/h1,3-4,11,14H,2,5-10H2,(H2,17,19)/t14-/m0/s1. The van der Waals surface area contributed by atoms with Crippen LogP contribution in [0.25, 0.3) is 0 Å². The fourth-order valence-corrected chi connectivity index (χ4v) is 4.03. The smallest absolute Gasteiger partial charge is 0.218 e. The Bertz CT molecular complexity index is 633. The molecule has 0 radical (unpaired) electrons. The van der Waals surface area contributed by atoms with Gasteiger partial charge in [-0.3, -0.25) is 9.69 Å². The minimum Gasteiger partial charge on any atom is -0.370 e. The van der Waals surface area contributed by atoms with E-state index in [1.165, 1.54) is 12.1 Å². The zero-order chi connectivity index (χ0) is 16.2. The number of halogens is 1. The topological polar surface area (TPSA) is 80.5 Å². The third kappa shape index (κ3) is 4.78. The first kappa shape index (κ1) is 16.9. The number of nitrogens with zero attached hydrogens (tertiary/aromatic N) is 1. The lowest BCUT2D eigenvalue weighted by atomic mass is 10.0. The van der Waals surface area contributed by atoms with Crippen molar-refractivity contribution in [2.45, 2.75) is 25.3 Å². The van der Waals surface area contributed by atoms with Crippen molar-refractivity contribution in [1.82, 2.24) is 4.90 Å². The van der Waals surface area contributed by atoms with E-state index in [0.29, 0.717) is 6.54 Å². The van der Waals surface area contributed by atoms with Crippen molar-refractivity contribution >= 4 is 15.7 Å². The molecule has 0 aromatic heterocycles. The minimum absolute atomic E-state index is 0.00784. The van der Waals surface area contributed by atoms with Crippen molar-refractivity contribution in [3.8, 4) is 0 Å². The number of hydrogen-bond donors (Lipinski definition) is 1. The van der Waals surface area contributed by atoms with Gasteiger partial charge in [-0.1, -0.05) is 12.1 Å². The van der Waals surface area contributed by atoms with Crippen LogP contribution in [0.2, 0.25) is 0 Å². The molecular weight excluding hydrogens is 307 g/mol. The van der Waals surface area contributed by atoms with Gasteiger partial charge in [-0.15, -0.1) is 0 Å². The number of primary amides is 1. The fourth-order valence-electron chi connectivity index (χ4n) is 2.80. The zero-order valence-corrected chi connectivity index (χ0v) is 13.2. The van der Waals surface area contributed by atoms with E-state index in [2.05, 4.69) is 4.90 Å². The Kier molecular flexibility index (Phi) is 5.52. The van der Waals surface area contributed by atoms with Crippen LogP contribution in [-0.2, 0) is 14.6 Å². The summed E-state index contributed by atoms with van der Waals surface area (Å²) in [5.74, 6) is -1.10. The Labute approximate surface area is 130 Å². The SMILES string of the molecule is NC(=O)CCS(=O)(=O)CCN1CCC[C@H]1c1cccc(F)c1. The number of benzene rings is 1. The highest BCUT2D eigenvalue weighted by molar-refractivity contribution is 7.91. The van der Waals surface area contributed by atoms with Crippen LogP contribution in [0.15, 0.2) is 24.3 Å². The summed E-state index contributed by atoms with van der Waals surface area (Å²) in [6, 6.07) is 6.50. The number of nitrogens with two attached hydrogens (primary N) is 1. The first-order valence-corrected chi connectivity index (χ1v) is 9.18. The van der Waals surface area contributed by atoms with Crippen LogP contribution in [0.4, 0.5) is 4.39 Å². The van der Waals surface area contributed by atoms with Gasteiger partial charge in [-0.05, 0) is 37.1 Å². The third-order valence-electron chi connectivity index (χ3n) is 3.95. The van der Waals surface area contributed by atoms with Gasteiger partial charge in [0.1, 0.15) is 5.82 Å². The van der Waals surface area contributed by atoms with Gasteiger partial charge in [0, 0.05) is 19.0 Å². The summed E-state index contributed by atoms with van der Waals surface area (Å²) in [6.07, 6.45) is 1.71. The lowest BCUT2D eigenvalue weighted by Crippen LogP contribution is -2.30. The van der Waals surface area contributed by atoms with Crippen LogP contribution in [0.3, 0.4) is 0 Å². The molecule has 0 saturated carbocycles. The number of rotatable bonds is 7. The second kappa shape index (κ2) is 7.19. The largest absolute Gasteiger partial charge is 0.370 e. The maximum absolute atomic E-state index is 13.3. The predicted octanol–water partition coefficient (Wildman–Crippen LogP) is 1.25. The predicted molar refractivity (Wildman–Crippen MR) is 82.4 cm³/mol. The van der Waals surface area contributed by atoms with Gasteiger partial charge in [0.05, 0.1) is 11.5 Å². The van der Waals surface area contributed by atoms with Crippen molar-refractivity contribution in [3.63, 3.8) is 0 Å². The van der Waals surface area contributed by atoms with E-state index in [-0.39, 0.29) is 29.8 Å². The van der Waals surface area contributed by atoms with E-state index in [9.17, 15) is 17.6 Å². The number of hydrogen-bond acceptors (Lipinski definition) is 4. The number of likely N-dealkylation sites (tertiary alicyclic amines) is 1. The van der Waals surface area contributed by atoms with Gasteiger partial charge in [-0.25, -0.2) is 12.8 Å². The maximum atomic E-state index is 13.3. The maximum Gasteiger partial charge on any atom is 0.218 e. The van der Waals surface area contributed by atoms with Gasteiger partial charge in [0.15, 0.2) is 9.84 Å². The summed E-state index contributed by atoms with van der Waals surface area (Å²) >= 11 is 0. The fraction of sp³-hybridized carbons (Fsp3) is 0.533. The molecule has 2 rings (SSSR count). The molecule has 5 nitrogen and oxygen atoms in total. The van der Waals surface area contributed by atoms with Crippen LogP contribution >= 0.6 is 0 Å². The van der Waals surface area contributed by atoms with Crippen molar-refractivity contribution in [1.29, 1.82) is 0 Å². The van der Waals surface area contributed by atoms with E-state index in [0.717, 1.165) is 24.9 Å². The monoisotopic (exact) mass is 328 g/mol. The Morgan fingerprint density at radius 2 is 2.14 bits per heavy atom. The van der Waals surface area contributed by atoms with E-state index in [1.54, 1.807) is 6.07 Å². The highest BCUT2D eigenvalue weighted by atomic mass is 32.2. The molecule has 122 valence electrons. The lowest BCUT2D eigenvalue weighted by Gasteiger charge is -2.24. The molecule has 1 saturated heterocycles. The molecule has 0 spiro atoms. The zero-order valence-electron chi connectivity index (χ0n) is 12.4. The molecule has 0 unspecified atom stereocenters. The van der Waals surface area contributed by atoms with Gasteiger partial charge in [0.2, 0.25) is 5.91 Å². The van der Waals surface area contributed by atoms with E-state index >= 15 is 0 Å². The Balaban J connectivity index is 1.96. The van der Waals surface area contributed by atoms with Crippen LogP contribution in [0.5, 0.6) is 0 Å². The average Bonchev–Trinajstić information content (AvgIpc) is 2.92. The second-order valence-electron chi connectivity index (χ2n) is 5.62. The quantitative estimate of drug-likeness (QED) is 0.817. The first-order valence-electron chi connectivity index (χ1n) is 7.35. The molecule has 1 aliphatic heterocycles. The molecule has 1 atom stereocenters. The molecule has 2 N–H and O–H groups in total. The highest BCUT2D eigenvalue weighted by Gasteiger charge is 2.27. The highest BCUT2D eigenvalue weighted by Crippen LogP contribution is 2.31. The molecule has 0 bridgehead atoms.